The fraction of sp³-hybridized carbons (Fsp3) is 0.267. The Morgan fingerprint density at radius 2 is 2.33 bits per heavy atom. The first-order valence-corrected chi connectivity index (χ1v) is 6.45. The predicted octanol–water partition coefficient (Wildman–Crippen LogP) is 2.99. The Bertz CT molecular complexity index is 571. The van der Waals surface area contributed by atoms with Crippen molar-refractivity contribution in [1.29, 1.82) is 0 Å². The van der Waals surface area contributed by atoms with Crippen LogP contribution in [0.15, 0.2) is 58.3 Å². The zero-order valence-electron chi connectivity index (χ0n) is 12.3. The number of hydrogen-bond donors (Lipinski definition) is 0. The maximum absolute atomic E-state index is 11.3. The van der Waals surface area contributed by atoms with E-state index in [1.54, 1.807) is 23.1 Å². The Labute approximate surface area is 123 Å². The Kier molecular flexibility index (Phi) is 6.13. The van der Waals surface area contributed by atoms with Crippen LogP contribution in [0, 0.1) is 10.1 Å². The van der Waals surface area contributed by atoms with E-state index in [0.717, 1.165) is 5.57 Å². The average molecular weight is 289 g/mol. The van der Waals surface area contributed by atoms with Crippen LogP contribution in [0.2, 0.25) is 0 Å². The van der Waals surface area contributed by atoms with E-state index >= 15 is 0 Å². The maximum atomic E-state index is 11.3. The normalized spacial score (nSPS) is 12.1. The molecule has 21 heavy (non-hydrogen) atoms. The number of furan rings is 1. The van der Waals surface area contributed by atoms with Crippen molar-refractivity contribution in [2.45, 2.75) is 6.92 Å². The summed E-state index contributed by atoms with van der Waals surface area (Å²) in [5, 5.41) is 11.3. The van der Waals surface area contributed by atoms with Crippen LogP contribution in [0.3, 0.4) is 0 Å². The largest absolute Gasteiger partial charge is 0.465 e. The van der Waals surface area contributed by atoms with Crippen molar-refractivity contribution in [3.8, 4) is 0 Å². The van der Waals surface area contributed by atoms with Crippen molar-refractivity contribution in [3.63, 3.8) is 0 Å². The van der Waals surface area contributed by atoms with Gasteiger partial charge >= 0.3 is 5.70 Å². The summed E-state index contributed by atoms with van der Waals surface area (Å²) >= 11 is 0. The molecule has 0 fully saturated rings. The molecule has 0 aliphatic heterocycles. The summed E-state index contributed by atoms with van der Waals surface area (Å²) in [5.41, 5.74) is 0.643. The van der Waals surface area contributed by atoms with Gasteiger partial charge in [-0.1, -0.05) is 19.2 Å². The molecule has 0 spiro atoms. The van der Waals surface area contributed by atoms with Gasteiger partial charge in [-0.2, -0.15) is 0 Å². The highest BCUT2D eigenvalue weighted by Crippen LogP contribution is 2.13. The number of amidine groups is 1. The third-order valence-corrected chi connectivity index (χ3v) is 2.82. The van der Waals surface area contributed by atoms with Crippen LogP contribution in [0.1, 0.15) is 12.7 Å². The van der Waals surface area contributed by atoms with E-state index in [1.807, 2.05) is 6.92 Å². The van der Waals surface area contributed by atoms with Gasteiger partial charge in [-0.25, -0.2) is 0 Å². The molecular formula is C15H19N3O3. The van der Waals surface area contributed by atoms with Crippen molar-refractivity contribution in [2.75, 3.05) is 20.1 Å². The lowest BCUT2D eigenvalue weighted by Crippen LogP contribution is -2.35. The quantitative estimate of drug-likeness (QED) is 0.254. The van der Waals surface area contributed by atoms with Crippen molar-refractivity contribution >= 4 is 11.9 Å². The molecule has 0 bridgehead atoms. The number of rotatable bonds is 7. The van der Waals surface area contributed by atoms with E-state index in [2.05, 4.69) is 18.2 Å². The molecule has 0 N–H and O–H groups in total. The van der Waals surface area contributed by atoms with Crippen LogP contribution in [0.25, 0.3) is 6.08 Å². The molecule has 6 heteroatoms. The van der Waals surface area contributed by atoms with E-state index < -0.39 is 4.92 Å². The van der Waals surface area contributed by atoms with Gasteiger partial charge in [0.1, 0.15) is 5.76 Å². The standard InChI is InChI=1S/C15H19N3O3/c1-5-12(3)11-17(6-2)15(16-4)14(18(19)20)10-13-8-7-9-21-13/h5,7-10H,1,3,6,11H2,2,4H3/b14-10+,16-15?. The third-order valence-electron chi connectivity index (χ3n) is 2.82. The van der Waals surface area contributed by atoms with E-state index in [9.17, 15) is 10.1 Å². The molecule has 0 aliphatic rings. The Morgan fingerprint density at radius 3 is 2.76 bits per heavy atom. The minimum absolute atomic E-state index is 0.119. The molecule has 0 saturated carbocycles. The van der Waals surface area contributed by atoms with Gasteiger partial charge < -0.3 is 9.32 Å². The van der Waals surface area contributed by atoms with Gasteiger partial charge in [0, 0.05) is 20.1 Å². The van der Waals surface area contributed by atoms with Crippen LogP contribution in [-0.4, -0.2) is 35.8 Å². The van der Waals surface area contributed by atoms with Crippen LogP contribution >= 0.6 is 0 Å². The molecule has 0 radical (unpaired) electrons. The lowest BCUT2D eigenvalue weighted by molar-refractivity contribution is -0.414. The second-order valence-electron chi connectivity index (χ2n) is 4.23. The van der Waals surface area contributed by atoms with Crippen LogP contribution < -0.4 is 0 Å². The molecule has 0 aliphatic carbocycles. The monoisotopic (exact) mass is 289 g/mol. The highest BCUT2D eigenvalue weighted by molar-refractivity contribution is 5.99. The summed E-state index contributed by atoms with van der Waals surface area (Å²) in [4.78, 5) is 16.7. The first kappa shape index (κ1) is 16.4. The van der Waals surface area contributed by atoms with Gasteiger partial charge in [0.15, 0.2) is 0 Å². The summed E-state index contributed by atoms with van der Waals surface area (Å²) in [6.45, 7) is 10.4. The lowest BCUT2D eigenvalue weighted by atomic mass is 10.2. The average Bonchev–Trinajstić information content (AvgIpc) is 2.98. The summed E-state index contributed by atoms with van der Waals surface area (Å²) in [5.74, 6) is 0.684. The fourth-order valence-electron chi connectivity index (χ4n) is 1.77. The van der Waals surface area contributed by atoms with Gasteiger partial charge in [0.2, 0.25) is 5.84 Å². The summed E-state index contributed by atoms with van der Waals surface area (Å²) in [6, 6.07) is 3.32. The van der Waals surface area contributed by atoms with Crippen LogP contribution in [0.4, 0.5) is 0 Å². The molecular weight excluding hydrogens is 270 g/mol. The zero-order valence-corrected chi connectivity index (χ0v) is 12.3. The first-order valence-electron chi connectivity index (χ1n) is 6.45. The molecule has 0 atom stereocenters. The van der Waals surface area contributed by atoms with Gasteiger partial charge in [0.05, 0.1) is 17.3 Å². The van der Waals surface area contributed by atoms with E-state index in [-0.39, 0.29) is 11.5 Å². The highest BCUT2D eigenvalue weighted by Gasteiger charge is 2.24. The highest BCUT2D eigenvalue weighted by atomic mass is 16.6. The molecule has 0 unspecified atom stereocenters. The number of likely N-dealkylation sites (N-methyl/N-ethyl adjacent to an activating group) is 1. The number of nitrogens with zero attached hydrogens (tertiary/aromatic N) is 3. The molecule has 1 heterocycles. The molecule has 112 valence electrons. The van der Waals surface area contributed by atoms with Gasteiger partial charge in [-0.3, -0.25) is 15.1 Å². The zero-order chi connectivity index (χ0) is 15.8. The van der Waals surface area contributed by atoms with Crippen molar-refractivity contribution in [1.82, 2.24) is 4.90 Å². The third kappa shape index (κ3) is 4.45. The molecule has 1 rings (SSSR count). The second-order valence-corrected chi connectivity index (χ2v) is 4.23. The van der Waals surface area contributed by atoms with Gasteiger partial charge in [-0.15, -0.1) is 0 Å². The van der Waals surface area contributed by atoms with E-state index in [0.29, 0.717) is 18.8 Å². The minimum Gasteiger partial charge on any atom is -0.465 e. The SMILES string of the molecule is C=CC(=C)CN(CC)C(=NC)/C(=C\c1ccco1)[N+](=O)[O-]. The molecule has 0 saturated heterocycles. The second kappa shape index (κ2) is 7.84. The Hall–Kier alpha value is -2.63. The van der Waals surface area contributed by atoms with Crippen LogP contribution in [0.5, 0.6) is 0 Å². The van der Waals surface area contributed by atoms with Crippen LogP contribution in [-0.2, 0) is 0 Å². The van der Waals surface area contributed by atoms with Gasteiger partial charge in [-0.05, 0) is 24.6 Å². The number of hydrogen-bond acceptors (Lipinski definition) is 4. The number of nitro groups is 1. The number of aliphatic imine (C=N–C) groups is 1. The Balaban J connectivity index is 3.16. The van der Waals surface area contributed by atoms with E-state index in [1.165, 1.54) is 19.4 Å². The first-order chi connectivity index (χ1) is 10.0. The topological polar surface area (TPSA) is 71.9 Å². The minimum atomic E-state index is -0.468. The summed E-state index contributed by atoms with van der Waals surface area (Å²) in [6.07, 6.45) is 4.45. The molecule has 0 amide bonds. The summed E-state index contributed by atoms with van der Waals surface area (Å²) in [7, 11) is 1.52. The molecule has 1 aromatic rings. The summed E-state index contributed by atoms with van der Waals surface area (Å²) < 4.78 is 5.14. The maximum Gasteiger partial charge on any atom is 0.314 e. The van der Waals surface area contributed by atoms with Crippen molar-refractivity contribution < 1.29 is 9.34 Å². The molecule has 0 aromatic carbocycles. The van der Waals surface area contributed by atoms with Crippen molar-refractivity contribution in [3.05, 3.63) is 64.8 Å². The lowest BCUT2D eigenvalue weighted by Gasteiger charge is -2.22. The fourth-order valence-corrected chi connectivity index (χ4v) is 1.77. The smallest absolute Gasteiger partial charge is 0.314 e. The molecule has 6 nitrogen and oxygen atoms in total. The Morgan fingerprint density at radius 1 is 1.62 bits per heavy atom. The predicted molar refractivity (Wildman–Crippen MR) is 83.6 cm³/mol. The van der Waals surface area contributed by atoms with Crippen molar-refractivity contribution in [2.24, 2.45) is 4.99 Å². The van der Waals surface area contributed by atoms with Gasteiger partial charge in [0.25, 0.3) is 0 Å². The molecule has 1 aromatic heterocycles. The van der Waals surface area contributed by atoms with E-state index in [4.69, 9.17) is 4.42 Å².